The van der Waals surface area contributed by atoms with Crippen molar-refractivity contribution in [2.45, 2.75) is 26.7 Å². The molecule has 2 aromatic rings. The normalized spacial score (nSPS) is 11.1. The molecule has 0 heterocycles. The van der Waals surface area contributed by atoms with Crippen molar-refractivity contribution >= 4 is 44.0 Å². The molecule has 0 aliphatic rings. The minimum absolute atomic E-state index is 0.126. The number of halogens is 2. The molecule has 0 bridgehead atoms. The fraction of sp³-hybridized carbons (Fsp3) is 0.300. The van der Waals surface area contributed by atoms with Gasteiger partial charge in [0.05, 0.1) is 17.8 Å². The first-order valence-corrected chi connectivity index (χ1v) is 9.99. The summed E-state index contributed by atoms with van der Waals surface area (Å²) < 4.78 is 12.7. The van der Waals surface area contributed by atoms with Gasteiger partial charge in [0.2, 0.25) is 0 Å². The second-order valence-corrected chi connectivity index (χ2v) is 7.87. The third-order valence-electron chi connectivity index (χ3n) is 3.92. The maximum Gasteiger partial charge on any atom is 0.277 e. The summed E-state index contributed by atoms with van der Waals surface area (Å²) in [7, 11) is 1.61. The van der Waals surface area contributed by atoms with E-state index in [9.17, 15) is 4.79 Å². The van der Waals surface area contributed by atoms with Gasteiger partial charge in [0.15, 0.2) is 6.61 Å². The summed E-state index contributed by atoms with van der Waals surface area (Å²) in [4.78, 5) is 12.1. The molecule has 0 aromatic heterocycles. The first kappa shape index (κ1) is 21.4. The van der Waals surface area contributed by atoms with Crippen LogP contribution in [-0.4, -0.2) is 25.8 Å². The number of methoxy groups -OCH3 is 1. The van der Waals surface area contributed by atoms with Crippen molar-refractivity contribution in [2.75, 3.05) is 13.7 Å². The predicted octanol–water partition coefficient (Wildman–Crippen LogP) is 5.18. The Bertz CT molecular complexity index is 834. The van der Waals surface area contributed by atoms with E-state index in [2.05, 4.69) is 56.2 Å². The number of benzene rings is 2. The van der Waals surface area contributed by atoms with Gasteiger partial charge in [-0.3, -0.25) is 4.79 Å². The molecule has 1 N–H and O–H groups in total. The van der Waals surface area contributed by atoms with Gasteiger partial charge in [-0.15, -0.1) is 0 Å². The van der Waals surface area contributed by atoms with Crippen molar-refractivity contribution < 1.29 is 14.3 Å². The molecule has 0 unspecified atom stereocenters. The minimum atomic E-state index is -0.332. The highest BCUT2D eigenvalue weighted by molar-refractivity contribution is 9.11. The predicted molar refractivity (Wildman–Crippen MR) is 115 cm³/mol. The lowest BCUT2D eigenvalue weighted by atomic mass is 10.0. The van der Waals surface area contributed by atoms with Gasteiger partial charge in [0, 0.05) is 4.47 Å². The van der Waals surface area contributed by atoms with Crippen LogP contribution < -0.4 is 14.9 Å². The van der Waals surface area contributed by atoms with E-state index in [-0.39, 0.29) is 18.4 Å². The second kappa shape index (κ2) is 9.90. The highest BCUT2D eigenvalue weighted by Crippen LogP contribution is 2.40. The molecule has 0 atom stereocenters. The Morgan fingerprint density at radius 1 is 1.26 bits per heavy atom. The number of nitrogens with one attached hydrogen (secondary N) is 1. The third-order valence-corrected chi connectivity index (χ3v) is 5.70. The molecule has 0 saturated heterocycles. The third kappa shape index (κ3) is 5.81. The first-order valence-electron chi connectivity index (χ1n) is 8.40. The molecule has 2 aromatic carbocycles. The summed E-state index contributed by atoms with van der Waals surface area (Å²) in [5.74, 6) is 1.37. The van der Waals surface area contributed by atoms with Gasteiger partial charge in [-0.25, -0.2) is 5.43 Å². The highest BCUT2D eigenvalue weighted by atomic mass is 79.9. The molecular formula is C20H22Br2N2O3. The van der Waals surface area contributed by atoms with Crippen LogP contribution in [0.1, 0.15) is 36.5 Å². The average Bonchev–Trinajstić information content (AvgIpc) is 2.65. The molecule has 2 rings (SSSR count). The van der Waals surface area contributed by atoms with Crippen molar-refractivity contribution in [1.82, 2.24) is 5.43 Å². The summed E-state index contributed by atoms with van der Waals surface area (Å²) in [6.07, 6.45) is 1.57. The van der Waals surface area contributed by atoms with Gasteiger partial charge in [-0.05, 0) is 75.8 Å². The molecule has 1 amide bonds. The lowest BCUT2D eigenvalue weighted by molar-refractivity contribution is -0.123. The van der Waals surface area contributed by atoms with E-state index in [1.807, 2.05) is 37.3 Å². The van der Waals surface area contributed by atoms with Crippen molar-refractivity contribution in [3.05, 3.63) is 56.0 Å². The van der Waals surface area contributed by atoms with Gasteiger partial charge in [-0.2, -0.15) is 5.10 Å². The van der Waals surface area contributed by atoms with Gasteiger partial charge < -0.3 is 9.47 Å². The Kier molecular flexibility index (Phi) is 7.86. The number of rotatable bonds is 7. The smallest absolute Gasteiger partial charge is 0.277 e. The number of carbonyl (C=O) groups is 1. The molecule has 0 radical (unpaired) electrons. The summed E-state index contributed by atoms with van der Waals surface area (Å²) in [6.45, 7) is 6.01. The van der Waals surface area contributed by atoms with Crippen LogP contribution >= 0.6 is 31.9 Å². The van der Waals surface area contributed by atoms with Gasteiger partial charge >= 0.3 is 0 Å². The maximum atomic E-state index is 12.1. The van der Waals surface area contributed by atoms with Crippen molar-refractivity contribution in [1.29, 1.82) is 0 Å². The van der Waals surface area contributed by atoms with Crippen LogP contribution in [0.3, 0.4) is 0 Å². The van der Waals surface area contributed by atoms with Crippen LogP contribution in [0.25, 0.3) is 0 Å². The van der Waals surface area contributed by atoms with Crippen LogP contribution in [0.15, 0.2) is 44.4 Å². The summed E-state index contributed by atoms with van der Waals surface area (Å²) in [5.41, 5.74) is 5.37. The molecule has 0 aliphatic carbocycles. The zero-order valence-corrected chi connectivity index (χ0v) is 18.8. The molecule has 144 valence electrons. The van der Waals surface area contributed by atoms with Crippen LogP contribution in [0.5, 0.6) is 11.5 Å². The molecule has 0 saturated carbocycles. The zero-order valence-electron chi connectivity index (χ0n) is 15.7. The Labute approximate surface area is 176 Å². The number of hydrogen-bond donors (Lipinski definition) is 1. The largest absolute Gasteiger partial charge is 0.497 e. The molecule has 0 fully saturated rings. The number of hydrazone groups is 1. The standard InChI is InChI=1S/C20H22Br2N2O3/c1-12(2)16-9-17(21)13(3)19(22)20(16)27-11-18(25)24-23-10-14-5-7-15(26-4)8-6-14/h5-10,12H,11H2,1-4H3,(H,24,25)/b23-10-. The first-order chi connectivity index (χ1) is 12.8. The van der Waals surface area contributed by atoms with Gasteiger partial charge in [0.1, 0.15) is 11.5 Å². The Morgan fingerprint density at radius 3 is 2.52 bits per heavy atom. The van der Waals surface area contributed by atoms with E-state index in [0.717, 1.165) is 31.4 Å². The summed E-state index contributed by atoms with van der Waals surface area (Å²) in [5, 5.41) is 3.96. The highest BCUT2D eigenvalue weighted by Gasteiger charge is 2.17. The van der Waals surface area contributed by atoms with E-state index in [0.29, 0.717) is 5.75 Å². The molecule has 0 aliphatic heterocycles. The van der Waals surface area contributed by atoms with Crippen molar-refractivity contribution in [3.8, 4) is 11.5 Å². The summed E-state index contributed by atoms with van der Waals surface area (Å²) in [6, 6.07) is 9.38. The lowest BCUT2D eigenvalue weighted by Crippen LogP contribution is -2.25. The molecule has 7 heteroatoms. The quantitative estimate of drug-likeness (QED) is 0.423. The molecule has 0 spiro atoms. The fourth-order valence-corrected chi connectivity index (χ4v) is 3.59. The average molecular weight is 498 g/mol. The number of ether oxygens (including phenoxy) is 2. The van der Waals surface area contributed by atoms with Crippen LogP contribution in [0, 0.1) is 6.92 Å². The number of nitrogens with zero attached hydrogens (tertiary/aromatic N) is 1. The Morgan fingerprint density at radius 2 is 1.93 bits per heavy atom. The van der Waals surface area contributed by atoms with E-state index >= 15 is 0 Å². The van der Waals surface area contributed by atoms with Crippen LogP contribution in [0.4, 0.5) is 0 Å². The van der Waals surface area contributed by atoms with Crippen LogP contribution in [-0.2, 0) is 4.79 Å². The van der Waals surface area contributed by atoms with Crippen LogP contribution in [0.2, 0.25) is 0 Å². The summed E-state index contributed by atoms with van der Waals surface area (Å²) >= 11 is 7.12. The number of amides is 1. The van der Waals surface area contributed by atoms with Crippen molar-refractivity contribution in [2.24, 2.45) is 5.10 Å². The Balaban J connectivity index is 1.99. The monoisotopic (exact) mass is 496 g/mol. The lowest BCUT2D eigenvalue weighted by Gasteiger charge is -2.18. The molecule has 5 nitrogen and oxygen atoms in total. The Hall–Kier alpha value is -1.86. The van der Waals surface area contributed by atoms with Crippen molar-refractivity contribution in [3.63, 3.8) is 0 Å². The molecule has 27 heavy (non-hydrogen) atoms. The minimum Gasteiger partial charge on any atom is -0.497 e. The SMILES string of the molecule is COc1ccc(/C=N\NC(=O)COc2c(C(C)C)cc(Br)c(C)c2Br)cc1. The van der Waals surface area contributed by atoms with E-state index in [4.69, 9.17) is 9.47 Å². The molecular weight excluding hydrogens is 476 g/mol. The number of hydrogen-bond acceptors (Lipinski definition) is 4. The van der Waals surface area contributed by atoms with Gasteiger partial charge in [0.25, 0.3) is 5.91 Å². The maximum absolute atomic E-state index is 12.1. The second-order valence-electron chi connectivity index (χ2n) is 6.23. The fourth-order valence-electron chi connectivity index (χ4n) is 2.33. The zero-order chi connectivity index (χ0) is 20.0. The topological polar surface area (TPSA) is 59.9 Å². The van der Waals surface area contributed by atoms with E-state index in [1.54, 1.807) is 13.3 Å². The number of carbonyl (C=O) groups excluding carboxylic acids is 1. The van der Waals surface area contributed by atoms with E-state index < -0.39 is 0 Å². The van der Waals surface area contributed by atoms with E-state index in [1.165, 1.54) is 0 Å². The van der Waals surface area contributed by atoms with Gasteiger partial charge in [-0.1, -0.05) is 29.8 Å².